The molecule has 0 unspecified atom stereocenters. The van der Waals surface area contributed by atoms with Gasteiger partial charge in [0.05, 0.1) is 12.8 Å². The monoisotopic (exact) mass is 286 g/mol. The number of nitrogens with zero attached hydrogens (tertiary/aromatic N) is 2. The number of hydrogen-bond donors (Lipinski definition) is 0. The lowest BCUT2D eigenvalue weighted by Crippen LogP contribution is -1.95. The van der Waals surface area contributed by atoms with E-state index in [1.807, 2.05) is 24.3 Å². The van der Waals surface area contributed by atoms with Crippen LogP contribution in [0.25, 0.3) is 0 Å². The van der Waals surface area contributed by atoms with Crippen LogP contribution < -0.4 is 9.47 Å². The largest absolute Gasteiger partial charge is 0.497 e. The molecule has 3 rings (SSSR count). The minimum absolute atomic E-state index is 0.401. The van der Waals surface area contributed by atoms with Gasteiger partial charge in [-0.2, -0.15) is 5.26 Å². The molecule has 0 aliphatic heterocycles. The fourth-order valence-corrected chi connectivity index (χ4v) is 2.83. The lowest BCUT2D eigenvalue weighted by atomic mass is 10.3. The van der Waals surface area contributed by atoms with Crippen molar-refractivity contribution in [3.8, 4) is 17.6 Å². The van der Waals surface area contributed by atoms with Gasteiger partial charge in [-0.1, -0.05) is 0 Å². The molecule has 1 aliphatic carbocycles. The molecule has 4 nitrogen and oxygen atoms in total. The van der Waals surface area contributed by atoms with Crippen molar-refractivity contribution in [3.63, 3.8) is 0 Å². The van der Waals surface area contributed by atoms with Crippen LogP contribution in [0.5, 0.6) is 11.5 Å². The minimum atomic E-state index is 0.401. The fourth-order valence-electron chi connectivity index (χ4n) is 1.97. The van der Waals surface area contributed by atoms with Crippen LogP contribution in [0.4, 0.5) is 0 Å². The first kappa shape index (κ1) is 12.9. The first-order valence-electron chi connectivity index (χ1n) is 6.46. The molecule has 1 saturated carbocycles. The summed E-state index contributed by atoms with van der Waals surface area (Å²) in [7, 11) is 1.63. The topological polar surface area (TPSA) is 55.1 Å². The van der Waals surface area contributed by atoms with Gasteiger partial charge in [-0.25, -0.2) is 4.98 Å². The van der Waals surface area contributed by atoms with E-state index in [1.165, 1.54) is 11.3 Å². The molecule has 1 heterocycles. The van der Waals surface area contributed by atoms with Gasteiger partial charge in [0.2, 0.25) is 0 Å². The van der Waals surface area contributed by atoms with E-state index >= 15 is 0 Å². The fraction of sp³-hybridized carbons (Fsp3) is 0.333. The first-order chi connectivity index (χ1) is 9.80. The second-order valence-electron chi connectivity index (χ2n) is 4.67. The van der Waals surface area contributed by atoms with Gasteiger partial charge in [-0.3, -0.25) is 0 Å². The highest BCUT2D eigenvalue weighted by molar-refractivity contribution is 7.12. The predicted octanol–water partition coefficient (Wildman–Crippen LogP) is 3.48. The second-order valence-corrected chi connectivity index (χ2v) is 5.76. The molecule has 5 heteroatoms. The van der Waals surface area contributed by atoms with Crippen LogP contribution in [0.3, 0.4) is 0 Å². The summed E-state index contributed by atoms with van der Waals surface area (Å²) in [6.07, 6.45) is 2.30. The zero-order valence-electron chi connectivity index (χ0n) is 11.1. The molecule has 0 N–H and O–H groups in total. The third kappa shape index (κ3) is 2.75. The highest BCUT2D eigenvalue weighted by Gasteiger charge is 2.29. The van der Waals surface area contributed by atoms with Crippen LogP contribution in [0.15, 0.2) is 24.3 Å². The molecular weight excluding hydrogens is 272 g/mol. The normalized spacial score (nSPS) is 13.8. The van der Waals surface area contributed by atoms with Gasteiger partial charge >= 0.3 is 0 Å². The van der Waals surface area contributed by atoms with E-state index in [0.29, 0.717) is 12.5 Å². The summed E-state index contributed by atoms with van der Waals surface area (Å²) in [6, 6.07) is 9.66. The Balaban J connectivity index is 1.67. The maximum atomic E-state index is 9.12. The molecule has 1 aromatic carbocycles. The standard InChI is InChI=1S/C15H14N2O2S/c1-18-11-4-6-12(7-5-11)19-9-14-17-15(10-2-3-10)13(8-16)20-14/h4-7,10H,2-3,9H2,1H3. The SMILES string of the molecule is COc1ccc(OCc2nc(C3CC3)c(C#N)s2)cc1. The highest BCUT2D eigenvalue weighted by atomic mass is 32.1. The summed E-state index contributed by atoms with van der Waals surface area (Å²) in [5, 5.41) is 9.98. The Labute approximate surface area is 121 Å². The summed E-state index contributed by atoms with van der Waals surface area (Å²) in [6.45, 7) is 0.401. The molecular formula is C15H14N2O2S. The molecule has 0 atom stereocenters. The van der Waals surface area contributed by atoms with E-state index in [0.717, 1.165) is 39.9 Å². The Kier molecular flexibility index (Phi) is 3.57. The van der Waals surface area contributed by atoms with E-state index < -0.39 is 0 Å². The summed E-state index contributed by atoms with van der Waals surface area (Å²) in [5.74, 6) is 2.07. The summed E-state index contributed by atoms with van der Waals surface area (Å²) < 4.78 is 10.8. The molecule has 0 saturated heterocycles. The van der Waals surface area contributed by atoms with Crippen LogP contribution in [0.1, 0.15) is 34.3 Å². The maximum absolute atomic E-state index is 9.12. The van der Waals surface area contributed by atoms with E-state index in [1.54, 1.807) is 7.11 Å². The van der Waals surface area contributed by atoms with Crippen molar-refractivity contribution >= 4 is 11.3 Å². The molecule has 0 radical (unpaired) electrons. The van der Waals surface area contributed by atoms with Crippen LogP contribution >= 0.6 is 11.3 Å². The predicted molar refractivity (Wildman–Crippen MR) is 76.1 cm³/mol. The average molecular weight is 286 g/mol. The van der Waals surface area contributed by atoms with Crippen molar-refractivity contribution in [2.45, 2.75) is 25.4 Å². The first-order valence-corrected chi connectivity index (χ1v) is 7.28. The summed E-state index contributed by atoms with van der Waals surface area (Å²) >= 11 is 1.43. The smallest absolute Gasteiger partial charge is 0.140 e. The third-order valence-electron chi connectivity index (χ3n) is 3.19. The van der Waals surface area contributed by atoms with Gasteiger partial charge in [0.15, 0.2) is 0 Å². The van der Waals surface area contributed by atoms with Gasteiger partial charge in [0.25, 0.3) is 0 Å². The van der Waals surface area contributed by atoms with Gasteiger partial charge in [0.1, 0.15) is 34.1 Å². The van der Waals surface area contributed by atoms with E-state index in [9.17, 15) is 0 Å². The molecule has 1 aromatic heterocycles. The maximum Gasteiger partial charge on any atom is 0.140 e. The van der Waals surface area contributed by atoms with E-state index in [2.05, 4.69) is 11.1 Å². The van der Waals surface area contributed by atoms with Gasteiger partial charge in [0, 0.05) is 5.92 Å². The summed E-state index contributed by atoms with van der Waals surface area (Å²) in [5.41, 5.74) is 0.964. The number of aromatic nitrogens is 1. The number of methoxy groups -OCH3 is 1. The molecule has 2 aromatic rings. The lowest BCUT2D eigenvalue weighted by molar-refractivity contribution is 0.304. The summed E-state index contributed by atoms with van der Waals surface area (Å²) in [4.78, 5) is 5.28. The van der Waals surface area contributed by atoms with Crippen molar-refractivity contribution in [1.82, 2.24) is 4.98 Å². The zero-order valence-corrected chi connectivity index (χ0v) is 11.9. The van der Waals surface area contributed by atoms with E-state index in [4.69, 9.17) is 14.7 Å². The Bertz CT molecular complexity index is 639. The second kappa shape index (κ2) is 5.51. The van der Waals surface area contributed by atoms with Crippen LogP contribution in [-0.2, 0) is 6.61 Å². The molecule has 1 aliphatic rings. The van der Waals surface area contributed by atoms with Gasteiger partial charge in [-0.05, 0) is 37.1 Å². The average Bonchev–Trinajstić information content (AvgIpc) is 3.26. The van der Waals surface area contributed by atoms with Gasteiger partial charge in [-0.15, -0.1) is 11.3 Å². The third-order valence-corrected chi connectivity index (χ3v) is 4.13. The molecule has 1 fully saturated rings. The highest BCUT2D eigenvalue weighted by Crippen LogP contribution is 2.42. The Morgan fingerprint density at radius 3 is 2.60 bits per heavy atom. The number of nitriles is 1. The minimum Gasteiger partial charge on any atom is -0.497 e. The number of rotatable bonds is 5. The molecule has 20 heavy (non-hydrogen) atoms. The van der Waals surface area contributed by atoms with Crippen molar-refractivity contribution in [2.75, 3.05) is 7.11 Å². The van der Waals surface area contributed by atoms with Crippen LogP contribution in [0, 0.1) is 11.3 Å². The zero-order chi connectivity index (χ0) is 13.9. The Hall–Kier alpha value is -2.06. The van der Waals surface area contributed by atoms with E-state index in [-0.39, 0.29) is 0 Å². The number of thiazole rings is 1. The quantitative estimate of drug-likeness (QED) is 0.844. The molecule has 102 valence electrons. The Morgan fingerprint density at radius 2 is 2.00 bits per heavy atom. The van der Waals surface area contributed by atoms with Gasteiger partial charge < -0.3 is 9.47 Å². The van der Waals surface area contributed by atoms with Crippen LogP contribution in [-0.4, -0.2) is 12.1 Å². The van der Waals surface area contributed by atoms with Crippen molar-refractivity contribution < 1.29 is 9.47 Å². The number of benzene rings is 1. The Morgan fingerprint density at radius 1 is 1.30 bits per heavy atom. The molecule has 0 spiro atoms. The van der Waals surface area contributed by atoms with Crippen molar-refractivity contribution in [3.05, 3.63) is 39.8 Å². The van der Waals surface area contributed by atoms with Crippen LogP contribution in [0.2, 0.25) is 0 Å². The van der Waals surface area contributed by atoms with Crippen molar-refractivity contribution in [1.29, 1.82) is 5.26 Å². The molecule has 0 bridgehead atoms. The lowest BCUT2D eigenvalue weighted by Gasteiger charge is -2.04. The number of hydrogen-bond acceptors (Lipinski definition) is 5. The van der Waals surface area contributed by atoms with Crippen molar-refractivity contribution in [2.24, 2.45) is 0 Å². The number of ether oxygens (including phenoxy) is 2. The molecule has 0 amide bonds.